The zero-order valence-electron chi connectivity index (χ0n) is 13.2. The highest BCUT2D eigenvalue weighted by Crippen LogP contribution is 2.29. The normalized spacial score (nSPS) is 19.7. The first-order chi connectivity index (χ1) is 11.1. The number of nitrogens with one attached hydrogen (secondary N) is 1. The second-order valence-corrected chi connectivity index (χ2v) is 7.20. The summed E-state index contributed by atoms with van der Waals surface area (Å²) in [5.74, 6) is 0. The summed E-state index contributed by atoms with van der Waals surface area (Å²) in [6, 6.07) is 6.01. The Balaban J connectivity index is 1.52. The van der Waals surface area contributed by atoms with E-state index in [1.54, 1.807) is 6.07 Å². The van der Waals surface area contributed by atoms with Crippen LogP contribution in [0.5, 0.6) is 0 Å². The Kier molecular flexibility index (Phi) is 5.54. The monoisotopic (exact) mass is 355 g/mol. The maximum Gasteiger partial charge on any atom is 0.317 e. The number of urea groups is 1. The van der Waals surface area contributed by atoms with Crippen LogP contribution >= 0.6 is 23.2 Å². The second kappa shape index (κ2) is 7.63. The Bertz CT molecular complexity index is 553. The third kappa shape index (κ3) is 4.24. The Morgan fingerprint density at radius 3 is 2.39 bits per heavy atom. The highest BCUT2D eigenvalue weighted by atomic mass is 35.5. The summed E-state index contributed by atoms with van der Waals surface area (Å²) in [7, 11) is 0. The van der Waals surface area contributed by atoms with Crippen molar-refractivity contribution in [3.63, 3.8) is 0 Å². The van der Waals surface area contributed by atoms with E-state index in [-0.39, 0.29) is 6.03 Å². The molecule has 1 saturated carbocycles. The molecule has 6 heteroatoms. The lowest BCUT2D eigenvalue weighted by Gasteiger charge is -2.37. The minimum atomic E-state index is 0.0822. The summed E-state index contributed by atoms with van der Waals surface area (Å²) in [5.41, 5.74) is 0.989. The van der Waals surface area contributed by atoms with Gasteiger partial charge in [0, 0.05) is 37.2 Å². The molecule has 0 atom stereocenters. The van der Waals surface area contributed by atoms with Gasteiger partial charge in [0.15, 0.2) is 0 Å². The lowest BCUT2D eigenvalue weighted by atomic mass is 9.96. The summed E-state index contributed by atoms with van der Waals surface area (Å²) < 4.78 is 0. The molecule has 0 spiro atoms. The van der Waals surface area contributed by atoms with Crippen LogP contribution in [0, 0.1) is 0 Å². The van der Waals surface area contributed by atoms with Gasteiger partial charge in [-0.1, -0.05) is 42.5 Å². The van der Waals surface area contributed by atoms with Crippen molar-refractivity contribution in [2.75, 3.05) is 31.1 Å². The van der Waals surface area contributed by atoms with Crippen LogP contribution in [0.1, 0.15) is 32.1 Å². The molecule has 126 valence electrons. The van der Waals surface area contributed by atoms with Gasteiger partial charge in [-0.05, 0) is 31.0 Å². The Hall–Kier alpha value is -1.13. The van der Waals surface area contributed by atoms with Gasteiger partial charge in [0.1, 0.15) is 0 Å². The van der Waals surface area contributed by atoms with Crippen LogP contribution in [-0.4, -0.2) is 43.2 Å². The number of benzene rings is 1. The highest BCUT2D eigenvalue weighted by molar-refractivity contribution is 6.36. The van der Waals surface area contributed by atoms with Crippen LogP contribution in [0.3, 0.4) is 0 Å². The quantitative estimate of drug-likeness (QED) is 0.864. The molecule has 1 aliphatic carbocycles. The predicted molar refractivity (Wildman–Crippen MR) is 95.7 cm³/mol. The molecule has 4 nitrogen and oxygen atoms in total. The minimum Gasteiger partial charge on any atom is -0.367 e. The van der Waals surface area contributed by atoms with E-state index in [2.05, 4.69) is 10.2 Å². The molecular weight excluding hydrogens is 333 g/mol. The van der Waals surface area contributed by atoms with Gasteiger partial charge >= 0.3 is 6.03 Å². The smallest absolute Gasteiger partial charge is 0.317 e. The summed E-state index contributed by atoms with van der Waals surface area (Å²) >= 11 is 12.2. The molecule has 1 aromatic rings. The first kappa shape index (κ1) is 16.7. The zero-order chi connectivity index (χ0) is 16.2. The molecule has 1 aliphatic heterocycles. The van der Waals surface area contributed by atoms with Gasteiger partial charge in [-0.15, -0.1) is 0 Å². The number of amides is 2. The summed E-state index contributed by atoms with van der Waals surface area (Å²) in [6.45, 7) is 3.02. The molecule has 1 N–H and O–H groups in total. The van der Waals surface area contributed by atoms with E-state index in [1.165, 1.54) is 19.3 Å². The molecule has 2 amide bonds. The van der Waals surface area contributed by atoms with E-state index in [1.807, 2.05) is 17.0 Å². The zero-order valence-corrected chi connectivity index (χ0v) is 14.7. The lowest BCUT2D eigenvalue weighted by molar-refractivity contribution is 0.186. The first-order valence-corrected chi connectivity index (χ1v) is 9.14. The van der Waals surface area contributed by atoms with Crippen LogP contribution in [0.2, 0.25) is 10.0 Å². The molecule has 1 aromatic carbocycles. The average molecular weight is 356 g/mol. The van der Waals surface area contributed by atoms with Crippen molar-refractivity contribution in [1.82, 2.24) is 10.2 Å². The third-order valence-corrected chi connectivity index (χ3v) is 5.29. The van der Waals surface area contributed by atoms with Crippen molar-refractivity contribution >= 4 is 34.9 Å². The Morgan fingerprint density at radius 2 is 1.74 bits per heavy atom. The summed E-state index contributed by atoms with van der Waals surface area (Å²) in [5, 5.41) is 4.49. The van der Waals surface area contributed by atoms with Crippen LogP contribution in [0.4, 0.5) is 10.5 Å². The Morgan fingerprint density at radius 1 is 1.04 bits per heavy atom. The molecule has 3 rings (SSSR count). The number of anilines is 1. The maximum absolute atomic E-state index is 12.4. The van der Waals surface area contributed by atoms with E-state index in [4.69, 9.17) is 23.2 Å². The molecule has 0 unspecified atom stereocenters. The summed E-state index contributed by atoms with van der Waals surface area (Å²) in [6.07, 6.45) is 5.99. The van der Waals surface area contributed by atoms with E-state index in [0.29, 0.717) is 16.1 Å². The molecule has 2 aliphatic rings. The van der Waals surface area contributed by atoms with Crippen LogP contribution in [-0.2, 0) is 0 Å². The number of hydrogen-bond donors (Lipinski definition) is 1. The van der Waals surface area contributed by atoms with Gasteiger partial charge in [-0.25, -0.2) is 4.79 Å². The molecule has 0 aromatic heterocycles. The number of carbonyl (C=O) groups is 1. The second-order valence-electron chi connectivity index (χ2n) is 6.35. The van der Waals surface area contributed by atoms with Crippen molar-refractivity contribution in [3.05, 3.63) is 28.2 Å². The molecule has 1 saturated heterocycles. The van der Waals surface area contributed by atoms with Gasteiger partial charge in [0.05, 0.1) is 10.7 Å². The molecule has 1 heterocycles. The average Bonchev–Trinajstić information content (AvgIpc) is 2.56. The van der Waals surface area contributed by atoms with E-state index in [9.17, 15) is 4.79 Å². The molecular formula is C17H23Cl2N3O. The van der Waals surface area contributed by atoms with Crippen LogP contribution in [0.15, 0.2) is 18.2 Å². The molecule has 23 heavy (non-hydrogen) atoms. The highest BCUT2D eigenvalue weighted by Gasteiger charge is 2.24. The summed E-state index contributed by atoms with van der Waals surface area (Å²) in [4.78, 5) is 16.5. The first-order valence-electron chi connectivity index (χ1n) is 8.39. The fraction of sp³-hybridized carbons (Fsp3) is 0.588. The maximum atomic E-state index is 12.4. The fourth-order valence-corrected chi connectivity index (χ4v) is 3.93. The van der Waals surface area contributed by atoms with Gasteiger partial charge in [0.25, 0.3) is 0 Å². The number of carbonyl (C=O) groups excluding carboxylic acids is 1. The van der Waals surface area contributed by atoms with E-state index < -0.39 is 0 Å². The number of piperazine rings is 1. The number of hydrogen-bond acceptors (Lipinski definition) is 2. The van der Waals surface area contributed by atoms with Gasteiger partial charge in [-0.3, -0.25) is 0 Å². The predicted octanol–water partition coefficient (Wildman–Crippen LogP) is 4.16. The largest absolute Gasteiger partial charge is 0.367 e. The topological polar surface area (TPSA) is 35.6 Å². The van der Waals surface area contributed by atoms with Gasteiger partial charge in [0.2, 0.25) is 0 Å². The number of nitrogens with zero attached hydrogens (tertiary/aromatic N) is 2. The minimum absolute atomic E-state index is 0.0822. The van der Waals surface area contributed by atoms with Crippen LogP contribution < -0.4 is 10.2 Å². The number of rotatable bonds is 2. The van der Waals surface area contributed by atoms with Crippen molar-refractivity contribution in [2.24, 2.45) is 0 Å². The van der Waals surface area contributed by atoms with Crippen LogP contribution in [0.25, 0.3) is 0 Å². The lowest BCUT2D eigenvalue weighted by Crippen LogP contribution is -2.53. The van der Waals surface area contributed by atoms with Crippen molar-refractivity contribution in [3.8, 4) is 0 Å². The molecule has 0 bridgehead atoms. The van der Waals surface area contributed by atoms with Gasteiger partial charge in [-0.2, -0.15) is 0 Å². The Labute approximate surface area is 147 Å². The van der Waals surface area contributed by atoms with Gasteiger partial charge < -0.3 is 15.1 Å². The molecule has 0 radical (unpaired) electrons. The van der Waals surface area contributed by atoms with Crippen molar-refractivity contribution < 1.29 is 4.79 Å². The molecule has 2 fully saturated rings. The SMILES string of the molecule is O=C(NC1CCCCC1)N1CCN(c2ccc(Cl)cc2Cl)CC1. The van der Waals surface area contributed by atoms with Crippen molar-refractivity contribution in [1.29, 1.82) is 0 Å². The van der Waals surface area contributed by atoms with E-state index in [0.717, 1.165) is 44.7 Å². The van der Waals surface area contributed by atoms with E-state index >= 15 is 0 Å². The standard InChI is InChI=1S/C17H23Cl2N3O/c18-13-6-7-16(15(19)12-13)21-8-10-22(11-9-21)17(23)20-14-4-2-1-3-5-14/h6-7,12,14H,1-5,8-11H2,(H,20,23). The fourth-order valence-electron chi connectivity index (χ4n) is 3.40. The van der Waals surface area contributed by atoms with Crippen molar-refractivity contribution in [2.45, 2.75) is 38.1 Å². The third-order valence-electron chi connectivity index (χ3n) is 4.75. The number of halogens is 2.